The van der Waals surface area contributed by atoms with E-state index in [1.54, 1.807) is 0 Å². The molecule has 1 aromatic heterocycles. The van der Waals surface area contributed by atoms with Crippen LogP contribution in [0.25, 0.3) is 17.0 Å². The number of aromatic nitrogens is 1. The molecule has 0 aliphatic carbocycles. The Morgan fingerprint density at radius 2 is 2.29 bits per heavy atom. The molecule has 0 unspecified atom stereocenters. The van der Waals surface area contributed by atoms with Crippen LogP contribution in [0.3, 0.4) is 0 Å². The van der Waals surface area contributed by atoms with Crippen molar-refractivity contribution in [2.75, 3.05) is 0 Å². The quantitative estimate of drug-likeness (QED) is 0.636. The molecule has 1 N–H and O–H groups in total. The Morgan fingerprint density at radius 3 is 3.21 bits per heavy atom. The molecule has 1 aliphatic heterocycles. The van der Waals surface area contributed by atoms with Crippen LogP contribution in [-0.4, -0.2) is 10.9 Å². The summed E-state index contributed by atoms with van der Waals surface area (Å²) in [5.41, 5.74) is 1.02. The highest BCUT2D eigenvalue weighted by atomic mass is 16.1. The molecule has 68 valence electrons. The lowest BCUT2D eigenvalue weighted by atomic mass is 10.1. The molecule has 0 fully saturated rings. The molecule has 0 radical (unpaired) electrons. The monoisotopic (exact) mass is 184 g/mol. The predicted molar refractivity (Wildman–Crippen MR) is 53.2 cm³/mol. The van der Waals surface area contributed by atoms with Crippen LogP contribution in [0.2, 0.25) is 0 Å². The van der Waals surface area contributed by atoms with Crippen molar-refractivity contribution in [2.24, 2.45) is 4.99 Å². The lowest BCUT2D eigenvalue weighted by molar-refractivity contribution is -0.117. The maximum atomic E-state index is 11.1. The minimum absolute atomic E-state index is 0.0663. The van der Waals surface area contributed by atoms with Crippen LogP contribution in [-0.2, 0) is 4.79 Å². The van der Waals surface area contributed by atoms with Crippen molar-refractivity contribution in [3.8, 4) is 0 Å². The summed E-state index contributed by atoms with van der Waals surface area (Å²) in [6.07, 6.45) is 4.23. The number of hydrogen-bond acceptors (Lipinski definition) is 1. The Kier molecular flexibility index (Phi) is 1.36. The molecule has 3 rings (SSSR count). The summed E-state index contributed by atoms with van der Waals surface area (Å²) < 4.78 is 0. The van der Waals surface area contributed by atoms with Crippen molar-refractivity contribution < 1.29 is 4.79 Å². The summed E-state index contributed by atoms with van der Waals surface area (Å²) in [6.45, 7) is 0. The number of nitrogens with zero attached hydrogens (tertiary/aromatic N) is 1. The number of aromatic amines is 1. The van der Waals surface area contributed by atoms with Crippen LogP contribution in [0.5, 0.6) is 0 Å². The van der Waals surface area contributed by atoms with Crippen molar-refractivity contribution >= 4 is 22.9 Å². The van der Waals surface area contributed by atoms with Crippen molar-refractivity contribution in [1.29, 1.82) is 0 Å². The molecule has 14 heavy (non-hydrogen) atoms. The number of amides is 1. The number of carbonyl (C=O) groups excluding carboxylic acids is 1. The average molecular weight is 184 g/mol. The zero-order chi connectivity index (χ0) is 9.54. The predicted octanol–water partition coefficient (Wildman–Crippen LogP) is 0.498. The van der Waals surface area contributed by atoms with E-state index >= 15 is 0 Å². The van der Waals surface area contributed by atoms with Crippen LogP contribution in [0, 0.1) is 0 Å². The first-order chi connectivity index (χ1) is 6.83. The molecular formula is C11H8N2O. The van der Waals surface area contributed by atoms with E-state index in [0.29, 0.717) is 6.42 Å². The largest absolute Gasteiger partial charge is 0.361 e. The van der Waals surface area contributed by atoms with E-state index < -0.39 is 0 Å². The number of benzene rings is 1. The van der Waals surface area contributed by atoms with Gasteiger partial charge in [0.15, 0.2) is 0 Å². The van der Waals surface area contributed by atoms with Gasteiger partial charge in [0.05, 0.1) is 5.36 Å². The van der Waals surface area contributed by atoms with Gasteiger partial charge >= 0.3 is 0 Å². The molecule has 2 aromatic rings. The van der Waals surface area contributed by atoms with E-state index in [9.17, 15) is 4.79 Å². The molecule has 0 saturated heterocycles. The molecule has 0 bridgehead atoms. The van der Waals surface area contributed by atoms with Gasteiger partial charge in [-0.25, -0.2) is 4.99 Å². The summed E-state index contributed by atoms with van der Waals surface area (Å²) in [5.74, 6) is -0.0663. The Balaban J connectivity index is 2.52. The van der Waals surface area contributed by atoms with Gasteiger partial charge in [-0.1, -0.05) is 6.08 Å². The van der Waals surface area contributed by atoms with Crippen LogP contribution in [0.15, 0.2) is 29.4 Å². The van der Waals surface area contributed by atoms with Crippen LogP contribution in [0.4, 0.5) is 0 Å². The fourth-order valence-electron chi connectivity index (χ4n) is 1.74. The molecule has 2 heterocycles. The Morgan fingerprint density at radius 1 is 1.36 bits per heavy atom. The van der Waals surface area contributed by atoms with Crippen LogP contribution >= 0.6 is 0 Å². The normalized spacial score (nSPS) is 14.7. The van der Waals surface area contributed by atoms with Gasteiger partial charge in [-0.05, 0) is 23.4 Å². The molecule has 3 heteroatoms. The minimum Gasteiger partial charge on any atom is -0.361 e. The number of fused-ring (bicyclic) bond motifs is 2. The highest BCUT2D eigenvalue weighted by Crippen LogP contribution is 2.06. The fourth-order valence-corrected chi connectivity index (χ4v) is 1.74. The molecule has 1 aliphatic rings. The van der Waals surface area contributed by atoms with Gasteiger partial charge in [-0.2, -0.15) is 0 Å². The lowest BCUT2D eigenvalue weighted by Crippen LogP contribution is -2.29. The highest BCUT2D eigenvalue weighted by Gasteiger charge is 2.03. The SMILES string of the molecule is O=C1CC=c2cc3cc[nH]c3cc2=N1. The summed E-state index contributed by atoms with van der Waals surface area (Å²) in [6, 6.07) is 5.98. The first-order valence-electron chi connectivity index (χ1n) is 4.52. The van der Waals surface area contributed by atoms with Crippen LogP contribution < -0.4 is 10.6 Å². The summed E-state index contributed by atoms with van der Waals surface area (Å²) in [5, 5.41) is 2.98. The van der Waals surface area contributed by atoms with Gasteiger partial charge in [0, 0.05) is 23.5 Å². The lowest BCUT2D eigenvalue weighted by Gasteiger charge is -1.98. The molecular weight excluding hydrogens is 176 g/mol. The number of carbonyl (C=O) groups is 1. The van der Waals surface area contributed by atoms with E-state index in [0.717, 1.165) is 21.5 Å². The summed E-state index contributed by atoms with van der Waals surface area (Å²) in [4.78, 5) is 18.2. The third-order valence-electron chi connectivity index (χ3n) is 2.44. The fraction of sp³-hybridized carbons (Fsp3) is 0.0909. The molecule has 1 amide bonds. The van der Waals surface area contributed by atoms with Crippen molar-refractivity contribution in [3.05, 3.63) is 35.0 Å². The topological polar surface area (TPSA) is 45.2 Å². The Labute approximate surface area is 79.8 Å². The Hall–Kier alpha value is -1.90. The van der Waals surface area contributed by atoms with Gasteiger partial charge in [0.25, 0.3) is 0 Å². The van der Waals surface area contributed by atoms with E-state index in [4.69, 9.17) is 0 Å². The van der Waals surface area contributed by atoms with E-state index in [1.165, 1.54) is 0 Å². The van der Waals surface area contributed by atoms with Crippen molar-refractivity contribution in [1.82, 2.24) is 4.98 Å². The molecule has 1 aromatic carbocycles. The minimum atomic E-state index is -0.0663. The van der Waals surface area contributed by atoms with E-state index in [-0.39, 0.29) is 5.91 Å². The second-order valence-electron chi connectivity index (χ2n) is 3.39. The van der Waals surface area contributed by atoms with Gasteiger partial charge in [-0.15, -0.1) is 0 Å². The second-order valence-corrected chi connectivity index (χ2v) is 3.39. The average Bonchev–Trinajstić information content (AvgIpc) is 2.61. The van der Waals surface area contributed by atoms with Gasteiger partial charge in [-0.3, -0.25) is 4.79 Å². The summed E-state index contributed by atoms with van der Waals surface area (Å²) >= 11 is 0. The number of H-pyrrole nitrogens is 1. The van der Waals surface area contributed by atoms with Gasteiger partial charge < -0.3 is 4.98 Å². The third-order valence-corrected chi connectivity index (χ3v) is 2.44. The second kappa shape index (κ2) is 2.54. The molecule has 0 atom stereocenters. The highest BCUT2D eigenvalue weighted by molar-refractivity contribution is 5.85. The maximum absolute atomic E-state index is 11.1. The van der Waals surface area contributed by atoms with Crippen LogP contribution in [0.1, 0.15) is 6.42 Å². The number of nitrogens with one attached hydrogen (secondary N) is 1. The smallest absolute Gasteiger partial charge is 0.250 e. The van der Waals surface area contributed by atoms with E-state index in [2.05, 4.69) is 16.0 Å². The standard InChI is InChI=1S/C11H8N2O/c14-11-2-1-7-5-8-3-4-12-9(8)6-10(7)13-11/h1,3-6,12H,2H2. The number of rotatable bonds is 0. The van der Waals surface area contributed by atoms with Gasteiger partial charge in [0.1, 0.15) is 0 Å². The van der Waals surface area contributed by atoms with Gasteiger partial charge in [0.2, 0.25) is 5.91 Å². The van der Waals surface area contributed by atoms with E-state index in [1.807, 2.05) is 24.4 Å². The molecule has 0 saturated carbocycles. The first-order valence-corrected chi connectivity index (χ1v) is 4.52. The molecule has 3 nitrogen and oxygen atoms in total. The third kappa shape index (κ3) is 0.988. The van der Waals surface area contributed by atoms with Crippen molar-refractivity contribution in [3.63, 3.8) is 0 Å². The maximum Gasteiger partial charge on any atom is 0.250 e. The molecule has 0 spiro atoms. The zero-order valence-corrected chi connectivity index (χ0v) is 7.45. The Bertz CT molecular complexity index is 637. The summed E-state index contributed by atoms with van der Waals surface area (Å²) in [7, 11) is 0. The zero-order valence-electron chi connectivity index (χ0n) is 7.45. The van der Waals surface area contributed by atoms with Crippen molar-refractivity contribution in [2.45, 2.75) is 6.42 Å². The number of hydrogen-bond donors (Lipinski definition) is 1. The first kappa shape index (κ1) is 7.50.